The van der Waals surface area contributed by atoms with Crippen molar-refractivity contribution in [1.29, 1.82) is 0 Å². The molecule has 0 aliphatic rings. The molecule has 0 atom stereocenters. The molecule has 0 heterocycles. The van der Waals surface area contributed by atoms with Crippen molar-refractivity contribution in [2.24, 2.45) is 0 Å². The summed E-state index contributed by atoms with van der Waals surface area (Å²) in [4.78, 5) is 0. The van der Waals surface area contributed by atoms with E-state index in [-0.39, 0.29) is 0 Å². The smallest absolute Gasteiger partial charge is 0.0164 e. The quantitative estimate of drug-likeness (QED) is 0.588. The molecule has 0 heteroatoms. The summed E-state index contributed by atoms with van der Waals surface area (Å²) in [6.45, 7) is 15.9. The highest BCUT2D eigenvalue weighted by atomic mass is 14.2. The largest absolute Gasteiger partial charge is 0.0807 e. The van der Waals surface area contributed by atoms with Gasteiger partial charge in [-0.3, -0.25) is 0 Å². The molecule has 19 heavy (non-hydrogen) atoms. The Balaban J connectivity index is 3.46. The molecule has 0 amide bonds. The molecular weight excluding hydrogens is 228 g/mol. The summed E-state index contributed by atoms with van der Waals surface area (Å²) >= 11 is 0. The summed E-state index contributed by atoms with van der Waals surface area (Å²) in [7, 11) is 0. The first kappa shape index (κ1) is 16.0. The van der Waals surface area contributed by atoms with Crippen molar-refractivity contribution in [3.8, 4) is 0 Å². The summed E-state index contributed by atoms with van der Waals surface area (Å²) in [6, 6.07) is 0. The second kappa shape index (κ2) is 6.93. The van der Waals surface area contributed by atoms with Gasteiger partial charge >= 0.3 is 0 Å². The summed E-state index contributed by atoms with van der Waals surface area (Å²) in [5.41, 5.74) is 10.5. The zero-order valence-electron chi connectivity index (χ0n) is 13.9. The first-order valence-corrected chi connectivity index (χ1v) is 7.71. The van der Waals surface area contributed by atoms with Crippen molar-refractivity contribution in [3.63, 3.8) is 0 Å². The lowest BCUT2D eigenvalue weighted by Gasteiger charge is -2.21. The Morgan fingerprint density at radius 3 is 1.63 bits per heavy atom. The van der Waals surface area contributed by atoms with Gasteiger partial charge in [0.15, 0.2) is 0 Å². The molecule has 0 aliphatic carbocycles. The molecule has 0 saturated heterocycles. The van der Waals surface area contributed by atoms with Crippen LogP contribution < -0.4 is 0 Å². The number of unbranched alkanes of at least 4 members (excludes halogenated alkanes) is 1. The Kier molecular flexibility index (Phi) is 5.85. The van der Waals surface area contributed by atoms with Gasteiger partial charge < -0.3 is 0 Å². The second-order valence-electron chi connectivity index (χ2n) is 5.77. The maximum absolute atomic E-state index is 2.47. The highest BCUT2D eigenvalue weighted by Gasteiger charge is 2.14. The zero-order chi connectivity index (χ0) is 14.6. The van der Waals surface area contributed by atoms with Gasteiger partial charge in [-0.25, -0.2) is 0 Å². The predicted molar refractivity (Wildman–Crippen MR) is 87.9 cm³/mol. The van der Waals surface area contributed by atoms with Crippen molar-refractivity contribution in [1.82, 2.24) is 0 Å². The fourth-order valence-electron chi connectivity index (χ4n) is 2.90. The highest BCUT2D eigenvalue weighted by molar-refractivity contribution is 5.73. The molecule has 0 N–H and O–H groups in total. The normalized spacial score (nSPS) is 12.1. The molecule has 1 aromatic rings. The molecular formula is C19H30. The number of hydrogen-bond donors (Lipinski definition) is 0. The van der Waals surface area contributed by atoms with Crippen LogP contribution in [0, 0.1) is 34.6 Å². The van der Waals surface area contributed by atoms with Crippen molar-refractivity contribution in [3.05, 3.63) is 39.5 Å². The third kappa shape index (κ3) is 3.29. The molecule has 0 saturated carbocycles. The van der Waals surface area contributed by atoms with Crippen LogP contribution in [0.25, 0.3) is 5.57 Å². The van der Waals surface area contributed by atoms with Gasteiger partial charge in [0.25, 0.3) is 0 Å². The van der Waals surface area contributed by atoms with Gasteiger partial charge in [0.2, 0.25) is 0 Å². The van der Waals surface area contributed by atoms with Gasteiger partial charge in [0, 0.05) is 0 Å². The molecule has 0 spiro atoms. The van der Waals surface area contributed by atoms with Crippen LogP contribution in [0.1, 0.15) is 72.9 Å². The molecule has 0 bridgehead atoms. The van der Waals surface area contributed by atoms with Crippen molar-refractivity contribution < 1.29 is 0 Å². The van der Waals surface area contributed by atoms with E-state index in [4.69, 9.17) is 0 Å². The van der Waals surface area contributed by atoms with E-state index in [2.05, 4.69) is 54.5 Å². The van der Waals surface area contributed by atoms with Gasteiger partial charge in [0.05, 0.1) is 0 Å². The van der Waals surface area contributed by atoms with Crippen LogP contribution in [0.15, 0.2) is 6.08 Å². The van der Waals surface area contributed by atoms with Crippen LogP contribution in [0.4, 0.5) is 0 Å². The van der Waals surface area contributed by atoms with E-state index < -0.39 is 0 Å². The number of hydrogen-bond acceptors (Lipinski definition) is 0. The average molecular weight is 258 g/mol. The van der Waals surface area contributed by atoms with Gasteiger partial charge in [0.1, 0.15) is 0 Å². The molecule has 0 radical (unpaired) electrons. The number of benzene rings is 1. The minimum atomic E-state index is 1.19. The Hall–Kier alpha value is -1.04. The minimum Gasteiger partial charge on any atom is -0.0807 e. The van der Waals surface area contributed by atoms with E-state index in [0.29, 0.717) is 0 Å². The van der Waals surface area contributed by atoms with Gasteiger partial charge in [-0.05, 0) is 86.4 Å². The fourth-order valence-corrected chi connectivity index (χ4v) is 2.90. The summed E-state index contributed by atoms with van der Waals surface area (Å²) in [5, 5.41) is 0. The third-order valence-electron chi connectivity index (χ3n) is 4.52. The van der Waals surface area contributed by atoms with E-state index >= 15 is 0 Å². The van der Waals surface area contributed by atoms with Crippen molar-refractivity contribution in [2.75, 3.05) is 0 Å². The fraction of sp³-hybridized carbons (Fsp3) is 0.579. The molecule has 0 aliphatic heterocycles. The highest BCUT2D eigenvalue weighted by Crippen LogP contribution is 2.33. The molecule has 1 rings (SSSR count). The standard InChI is InChI=1S/C19H30/c1-8-10-12-18(11-9-2)19-16(6)14(4)13(3)15(5)17(19)7/h12H,8-11H2,1-7H3/b18-12+. The Labute approximate surface area is 119 Å². The summed E-state index contributed by atoms with van der Waals surface area (Å²) in [5.74, 6) is 0. The third-order valence-corrected chi connectivity index (χ3v) is 4.52. The monoisotopic (exact) mass is 258 g/mol. The second-order valence-corrected chi connectivity index (χ2v) is 5.77. The van der Waals surface area contributed by atoms with Crippen LogP contribution in [-0.4, -0.2) is 0 Å². The van der Waals surface area contributed by atoms with E-state index in [0.717, 1.165) is 0 Å². The van der Waals surface area contributed by atoms with Crippen LogP contribution in [0.3, 0.4) is 0 Å². The maximum Gasteiger partial charge on any atom is -0.0164 e. The summed E-state index contributed by atoms with van der Waals surface area (Å²) < 4.78 is 0. The molecule has 0 aromatic heterocycles. The van der Waals surface area contributed by atoms with Crippen molar-refractivity contribution >= 4 is 5.57 Å². The lowest BCUT2D eigenvalue weighted by Crippen LogP contribution is -2.02. The van der Waals surface area contributed by atoms with Crippen LogP contribution in [0.2, 0.25) is 0 Å². The topological polar surface area (TPSA) is 0 Å². The van der Waals surface area contributed by atoms with Crippen LogP contribution >= 0.6 is 0 Å². The molecule has 1 aromatic carbocycles. The van der Waals surface area contributed by atoms with Gasteiger partial charge in [-0.2, -0.15) is 0 Å². The first-order chi connectivity index (χ1) is 8.95. The summed E-state index contributed by atoms with van der Waals surface area (Å²) in [6.07, 6.45) is 7.31. The van der Waals surface area contributed by atoms with E-state index in [1.54, 1.807) is 5.57 Å². The Morgan fingerprint density at radius 2 is 1.21 bits per heavy atom. The number of rotatable bonds is 5. The molecule has 0 fully saturated rings. The lowest BCUT2D eigenvalue weighted by molar-refractivity contribution is 0.929. The van der Waals surface area contributed by atoms with Crippen LogP contribution in [-0.2, 0) is 0 Å². The van der Waals surface area contributed by atoms with E-state index in [1.165, 1.54) is 59.1 Å². The van der Waals surface area contributed by atoms with E-state index in [9.17, 15) is 0 Å². The molecule has 0 unspecified atom stereocenters. The predicted octanol–water partition coefficient (Wildman–Crippen LogP) is 6.21. The Bertz CT molecular complexity index is 446. The average Bonchev–Trinajstić information content (AvgIpc) is 2.40. The Morgan fingerprint density at radius 1 is 0.737 bits per heavy atom. The lowest BCUT2D eigenvalue weighted by atomic mass is 9.84. The molecule has 0 nitrogen and oxygen atoms in total. The SMILES string of the molecule is CCC/C=C(\CCC)c1c(C)c(C)c(C)c(C)c1C. The van der Waals surface area contributed by atoms with E-state index in [1.807, 2.05) is 0 Å². The van der Waals surface area contributed by atoms with Gasteiger partial charge in [-0.15, -0.1) is 0 Å². The van der Waals surface area contributed by atoms with Crippen LogP contribution in [0.5, 0.6) is 0 Å². The van der Waals surface area contributed by atoms with Gasteiger partial charge in [-0.1, -0.05) is 32.8 Å². The first-order valence-electron chi connectivity index (χ1n) is 7.71. The zero-order valence-corrected chi connectivity index (χ0v) is 13.9. The van der Waals surface area contributed by atoms with Crippen molar-refractivity contribution in [2.45, 2.75) is 74.1 Å². The maximum atomic E-state index is 2.47. The number of allylic oxidation sites excluding steroid dienone is 2. The molecule has 106 valence electrons. The minimum absolute atomic E-state index is 1.19.